The van der Waals surface area contributed by atoms with Gasteiger partial charge < -0.3 is 13.6 Å². The summed E-state index contributed by atoms with van der Waals surface area (Å²) in [6.45, 7) is 0. The van der Waals surface area contributed by atoms with E-state index < -0.39 is 5.41 Å². The lowest BCUT2D eigenvalue weighted by molar-refractivity contribution is 0.231. The standard InChI is InChI=1S/C31H24F2N4O3/c32-24-7-3-21(4-8-24)18-31(30-11-14-35-40-30,19-22-2-1-13-34-20-22)27(16-26-12-15-38-36-26)28-17-29(39-37-28)23-5-9-25(33)10-6-23/h1-15,17,20,27H,16,18-19H2. The van der Waals surface area contributed by atoms with Crippen LogP contribution in [-0.4, -0.2) is 20.5 Å². The Morgan fingerprint density at radius 3 is 2.23 bits per heavy atom. The molecule has 0 radical (unpaired) electrons. The van der Waals surface area contributed by atoms with Crippen LogP contribution in [-0.2, 0) is 24.7 Å². The lowest BCUT2D eigenvalue weighted by Gasteiger charge is -2.38. The molecule has 0 aliphatic rings. The Hall–Kier alpha value is -4.92. The second-order valence-corrected chi connectivity index (χ2v) is 9.74. The number of aromatic nitrogens is 4. The Balaban J connectivity index is 1.53. The van der Waals surface area contributed by atoms with Gasteiger partial charge in [-0.2, -0.15) is 0 Å². The van der Waals surface area contributed by atoms with Crippen LogP contribution in [0.5, 0.6) is 0 Å². The van der Waals surface area contributed by atoms with Crippen LogP contribution in [0.3, 0.4) is 0 Å². The van der Waals surface area contributed by atoms with Gasteiger partial charge in [0, 0.05) is 53.9 Å². The van der Waals surface area contributed by atoms with Crippen LogP contribution in [0.1, 0.15) is 34.2 Å². The summed E-state index contributed by atoms with van der Waals surface area (Å²) < 4.78 is 44.4. The normalized spacial score (nSPS) is 13.7. The molecule has 2 atom stereocenters. The Bertz CT molecular complexity index is 1640. The lowest BCUT2D eigenvalue weighted by Crippen LogP contribution is -2.40. The molecule has 0 aliphatic carbocycles. The molecule has 9 heteroatoms. The zero-order chi connectivity index (χ0) is 27.4. The number of nitrogens with zero attached hydrogens (tertiary/aromatic N) is 4. The van der Waals surface area contributed by atoms with E-state index >= 15 is 0 Å². The Morgan fingerprint density at radius 2 is 1.55 bits per heavy atom. The number of hydrogen-bond acceptors (Lipinski definition) is 7. The van der Waals surface area contributed by atoms with E-state index in [4.69, 9.17) is 13.6 Å². The largest absolute Gasteiger partial charge is 0.365 e. The maximum absolute atomic E-state index is 13.9. The first-order valence-electron chi connectivity index (χ1n) is 12.8. The van der Waals surface area contributed by atoms with Gasteiger partial charge in [-0.05, 0) is 66.4 Å². The highest BCUT2D eigenvalue weighted by atomic mass is 19.1. The molecule has 0 aliphatic heterocycles. The van der Waals surface area contributed by atoms with E-state index in [9.17, 15) is 8.78 Å². The van der Waals surface area contributed by atoms with E-state index in [0.717, 1.165) is 11.1 Å². The van der Waals surface area contributed by atoms with Gasteiger partial charge in [0.15, 0.2) is 5.76 Å². The van der Waals surface area contributed by atoms with Crippen molar-refractivity contribution in [2.45, 2.75) is 30.6 Å². The average Bonchev–Trinajstić information content (AvgIpc) is 3.77. The van der Waals surface area contributed by atoms with Crippen LogP contribution >= 0.6 is 0 Å². The molecule has 0 amide bonds. The summed E-state index contributed by atoms with van der Waals surface area (Å²) in [4.78, 5) is 4.34. The van der Waals surface area contributed by atoms with Crippen LogP contribution < -0.4 is 0 Å². The first-order chi connectivity index (χ1) is 19.6. The molecule has 0 spiro atoms. The number of pyridine rings is 1. The Labute approximate surface area is 228 Å². The lowest BCUT2D eigenvalue weighted by atomic mass is 9.63. The summed E-state index contributed by atoms with van der Waals surface area (Å²) in [5.41, 5.74) is 3.13. The van der Waals surface area contributed by atoms with Gasteiger partial charge in [-0.3, -0.25) is 4.98 Å². The van der Waals surface area contributed by atoms with Crippen molar-refractivity contribution < 1.29 is 22.4 Å². The third-order valence-corrected chi connectivity index (χ3v) is 7.19. The highest BCUT2D eigenvalue weighted by molar-refractivity contribution is 5.57. The maximum atomic E-state index is 13.9. The highest BCUT2D eigenvalue weighted by Gasteiger charge is 2.46. The molecule has 200 valence electrons. The molecule has 2 unspecified atom stereocenters. The minimum Gasteiger partial charge on any atom is -0.365 e. The Morgan fingerprint density at radius 1 is 0.775 bits per heavy atom. The molecule has 0 N–H and O–H groups in total. The number of rotatable bonds is 10. The van der Waals surface area contributed by atoms with Crippen molar-refractivity contribution in [2.75, 3.05) is 0 Å². The van der Waals surface area contributed by atoms with Gasteiger partial charge >= 0.3 is 0 Å². The van der Waals surface area contributed by atoms with Crippen LogP contribution in [0.2, 0.25) is 0 Å². The van der Waals surface area contributed by atoms with Crippen molar-refractivity contribution in [3.05, 3.63) is 144 Å². The van der Waals surface area contributed by atoms with Crippen molar-refractivity contribution in [1.82, 2.24) is 20.5 Å². The summed E-state index contributed by atoms with van der Waals surface area (Å²) in [6, 6.07) is 21.9. The molecule has 4 heterocycles. The molecule has 0 saturated heterocycles. The summed E-state index contributed by atoms with van der Waals surface area (Å²) in [5, 5.41) is 12.8. The zero-order valence-electron chi connectivity index (χ0n) is 21.3. The van der Waals surface area contributed by atoms with Gasteiger partial charge in [0.05, 0.1) is 17.6 Å². The predicted octanol–water partition coefficient (Wildman–Crippen LogP) is 6.74. The SMILES string of the molecule is Fc1ccc(CC(Cc2cccnc2)(c2ccno2)C(Cc2ccon2)c2cc(-c3ccc(F)cc3)on2)cc1. The number of benzene rings is 2. The number of hydrogen-bond donors (Lipinski definition) is 0. The van der Waals surface area contributed by atoms with E-state index in [2.05, 4.69) is 20.5 Å². The van der Waals surface area contributed by atoms with Crippen LogP contribution in [0.25, 0.3) is 11.3 Å². The molecule has 6 aromatic rings. The van der Waals surface area contributed by atoms with E-state index in [1.165, 1.54) is 30.5 Å². The third-order valence-electron chi connectivity index (χ3n) is 7.19. The molecular formula is C31H24F2N4O3. The van der Waals surface area contributed by atoms with Crippen LogP contribution in [0, 0.1) is 11.6 Å². The van der Waals surface area contributed by atoms with Crippen LogP contribution in [0.4, 0.5) is 8.78 Å². The van der Waals surface area contributed by atoms with Gasteiger partial charge in [0.1, 0.15) is 23.7 Å². The first-order valence-corrected chi connectivity index (χ1v) is 12.8. The molecule has 0 fully saturated rings. The van der Waals surface area contributed by atoms with Gasteiger partial charge in [-0.25, -0.2) is 8.78 Å². The topological polar surface area (TPSA) is 91.0 Å². The smallest absolute Gasteiger partial charge is 0.167 e. The summed E-state index contributed by atoms with van der Waals surface area (Å²) in [5.74, 6) is 0.0948. The van der Waals surface area contributed by atoms with Gasteiger partial charge in [-0.15, -0.1) is 0 Å². The zero-order valence-corrected chi connectivity index (χ0v) is 21.3. The molecule has 6 rings (SSSR count). The summed E-state index contributed by atoms with van der Waals surface area (Å²) >= 11 is 0. The molecule has 7 nitrogen and oxygen atoms in total. The second-order valence-electron chi connectivity index (χ2n) is 9.74. The predicted molar refractivity (Wildman–Crippen MR) is 141 cm³/mol. The fourth-order valence-corrected chi connectivity index (χ4v) is 5.30. The van der Waals surface area contributed by atoms with E-state index in [0.29, 0.717) is 47.7 Å². The Kier molecular flexibility index (Phi) is 7.01. The van der Waals surface area contributed by atoms with Crippen molar-refractivity contribution in [1.29, 1.82) is 0 Å². The van der Waals surface area contributed by atoms with E-state index in [1.807, 2.05) is 30.5 Å². The monoisotopic (exact) mass is 538 g/mol. The minimum atomic E-state index is -0.784. The maximum Gasteiger partial charge on any atom is 0.167 e. The molecule has 0 saturated carbocycles. The van der Waals surface area contributed by atoms with Gasteiger partial charge in [-0.1, -0.05) is 33.7 Å². The minimum absolute atomic E-state index is 0.319. The van der Waals surface area contributed by atoms with E-state index in [1.54, 1.807) is 42.7 Å². The third kappa shape index (κ3) is 5.31. The average molecular weight is 539 g/mol. The summed E-state index contributed by atoms with van der Waals surface area (Å²) in [7, 11) is 0. The molecule has 40 heavy (non-hydrogen) atoms. The molecular weight excluding hydrogens is 514 g/mol. The molecule has 0 bridgehead atoms. The molecule has 2 aromatic carbocycles. The fourth-order valence-electron chi connectivity index (χ4n) is 5.30. The quantitative estimate of drug-likeness (QED) is 0.191. The first kappa shape index (κ1) is 25.4. The molecule has 4 aromatic heterocycles. The van der Waals surface area contributed by atoms with E-state index in [-0.39, 0.29) is 17.6 Å². The number of halogens is 2. The van der Waals surface area contributed by atoms with Crippen LogP contribution in [0.15, 0.2) is 117 Å². The fraction of sp³-hybridized carbons (Fsp3) is 0.161. The second kappa shape index (κ2) is 11.1. The van der Waals surface area contributed by atoms with Crippen molar-refractivity contribution >= 4 is 0 Å². The van der Waals surface area contributed by atoms with Crippen molar-refractivity contribution in [3.8, 4) is 11.3 Å². The van der Waals surface area contributed by atoms with Crippen molar-refractivity contribution in [3.63, 3.8) is 0 Å². The highest BCUT2D eigenvalue weighted by Crippen LogP contribution is 2.46. The van der Waals surface area contributed by atoms with Gasteiger partial charge in [0.2, 0.25) is 0 Å². The van der Waals surface area contributed by atoms with Crippen molar-refractivity contribution in [2.24, 2.45) is 0 Å². The van der Waals surface area contributed by atoms with Gasteiger partial charge in [0.25, 0.3) is 0 Å². The summed E-state index contributed by atoms with van der Waals surface area (Å²) in [6.07, 6.45) is 8.05.